The van der Waals surface area contributed by atoms with Crippen LogP contribution in [0.1, 0.15) is 41.6 Å². The smallest absolute Gasteiger partial charge is 0.410 e. The summed E-state index contributed by atoms with van der Waals surface area (Å²) in [6.07, 6.45) is 4.44. The number of likely N-dealkylation sites (N-methyl/N-ethyl adjacent to an activating group) is 1. The lowest BCUT2D eigenvalue weighted by molar-refractivity contribution is 0.0768. The normalized spacial score (nSPS) is 18.4. The van der Waals surface area contributed by atoms with Crippen LogP contribution in [0.2, 0.25) is 0 Å². The number of fused-ring (bicyclic) bond motifs is 2. The van der Waals surface area contributed by atoms with Gasteiger partial charge in [0.05, 0.1) is 30.4 Å². The molecule has 11 heteroatoms. The third kappa shape index (κ3) is 6.49. The van der Waals surface area contributed by atoms with Crippen molar-refractivity contribution in [3.8, 4) is 12.1 Å². The zero-order valence-electron chi connectivity index (χ0n) is 27.5. The van der Waals surface area contributed by atoms with Crippen molar-refractivity contribution < 1.29 is 14.3 Å². The van der Waals surface area contributed by atoms with Crippen LogP contribution in [-0.2, 0) is 17.8 Å². The maximum Gasteiger partial charge on any atom is 0.410 e. The first-order chi connectivity index (χ1) is 23.5. The second kappa shape index (κ2) is 13.9. The van der Waals surface area contributed by atoms with E-state index < -0.39 is 6.09 Å². The summed E-state index contributed by atoms with van der Waals surface area (Å²) in [7, 11) is 2.12. The Hall–Kier alpha value is -5.21. The van der Waals surface area contributed by atoms with E-state index in [1.54, 1.807) is 4.90 Å². The Kier molecular flexibility index (Phi) is 9.07. The van der Waals surface area contributed by atoms with Crippen molar-refractivity contribution in [2.24, 2.45) is 0 Å². The van der Waals surface area contributed by atoms with Crippen molar-refractivity contribution in [3.63, 3.8) is 0 Å². The van der Waals surface area contributed by atoms with Gasteiger partial charge in [0.15, 0.2) is 11.5 Å². The number of aryl methyl sites for hydroxylation is 1. The quantitative estimate of drug-likeness (QED) is 0.209. The van der Waals surface area contributed by atoms with Crippen molar-refractivity contribution >= 4 is 28.3 Å². The highest BCUT2D eigenvalue weighted by Gasteiger charge is 2.34. The van der Waals surface area contributed by atoms with Crippen LogP contribution in [0.3, 0.4) is 0 Å². The predicted molar refractivity (Wildman–Crippen MR) is 183 cm³/mol. The summed E-state index contributed by atoms with van der Waals surface area (Å²) in [4.78, 5) is 29.0. The summed E-state index contributed by atoms with van der Waals surface area (Å²) in [5.41, 5.74) is 4.86. The fourth-order valence-corrected chi connectivity index (χ4v) is 6.98. The molecule has 0 radical (unpaired) electrons. The molecule has 48 heavy (non-hydrogen) atoms. The maximum absolute atomic E-state index is 13.2. The predicted octanol–water partition coefficient (Wildman–Crippen LogP) is 5.39. The minimum absolute atomic E-state index is 0.163. The van der Waals surface area contributed by atoms with E-state index in [-0.39, 0.29) is 25.1 Å². The van der Waals surface area contributed by atoms with Gasteiger partial charge in [-0.25, -0.2) is 14.3 Å². The molecule has 246 valence electrons. The van der Waals surface area contributed by atoms with Gasteiger partial charge in [-0.15, -0.1) is 5.10 Å². The van der Waals surface area contributed by atoms with E-state index in [9.17, 15) is 10.1 Å². The molecule has 2 aliphatic rings. The monoisotopic (exact) mass is 644 g/mol. The number of anilines is 1. The van der Waals surface area contributed by atoms with Gasteiger partial charge >= 0.3 is 12.1 Å². The highest BCUT2D eigenvalue weighted by molar-refractivity contribution is 5.89. The van der Waals surface area contributed by atoms with E-state index in [0.717, 1.165) is 30.6 Å². The van der Waals surface area contributed by atoms with Crippen molar-refractivity contribution in [2.75, 3.05) is 44.7 Å². The molecule has 1 amide bonds. The van der Waals surface area contributed by atoms with Crippen LogP contribution in [0, 0.1) is 18.3 Å². The molecule has 2 aromatic heterocycles. The Bertz CT molecular complexity index is 1950. The fourth-order valence-electron chi connectivity index (χ4n) is 6.98. The average Bonchev–Trinajstić information content (AvgIpc) is 3.71. The number of nitriles is 1. The number of hydrogen-bond acceptors (Lipinski definition) is 9. The van der Waals surface area contributed by atoms with Crippen LogP contribution >= 0.6 is 0 Å². The van der Waals surface area contributed by atoms with E-state index in [0.29, 0.717) is 50.2 Å². The number of aromatic nitrogens is 4. The number of ether oxygens (including phenoxy) is 2. The minimum atomic E-state index is -0.426. The number of rotatable bonds is 9. The Morgan fingerprint density at radius 3 is 2.65 bits per heavy atom. The Labute approximate surface area is 280 Å². The lowest BCUT2D eigenvalue weighted by Crippen LogP contribution is -2.55. The van der Waals surface area contributed by atoms with Crippen molar-refractivity contribution in [1.29, 1.82) is 5.26 Å². The number of carbonyl (C=O) groups excluding carboxylic acids is 1. The first kappa shape index (κ1) is 31.4. The molecule has 2 atom stereocenters. The van der Waals surface area contributed by atoms with E-state index in [4.69, 9.17) is 24.5 Å². The number of nitrogens with zero attached hydrogens (tertiary/aromatic N) is 8. The molecule has 7 rings (SSSR count). The maximum atomic E-state index is 13.2. The number of benzene rings is 3. The number of piperazine rings is 1. The SMILES string of the molecule is Cc1cccc2cccc(Cc3cnc4c(N5CCN(C(=O)OCc6ccccc6)[C@@H](CC#N)C5)nc(OC[C@@H]5CCCN5C)nn34)c12. The first-order valence-corrected chi connectivity index (χ1v) is 16.6. The molecular weight excluding hydrogens is 604 g/mol. The summed E-state index contributed by atoms with van der Waals surface area (Å²) in [6.45, 7) is 5.12. The van der Waals surface area contributed by atoms with Crippen LogP contribution < -0.4 is 9.64 Å². The molecule has 3 aromatic carbocycles. The summed E-state index contributed by atoms with van der Waals surface area (Å²) in [5, 5.41) is 17.0. The highest BCUT2D eigenvalue weighted by Crippen LogP contribution is 2.29. The van der Waals surface area contributed by atoms with Gasteiger partial charge in [-0.1, -0.05) is 66.7 Å². The molecule has 0 bridgehead atoms. The van der Waals surface area contributed by atoms with E-state index >= 15 is 0 Å². The largest absolute Gasteiger partial charge is 0.461 e. The minimum Gasteiger partial charge on any atom is -0.461 e. The lowest BCUT2D eigenvalue weighted by atomic mass is 9.97. The molecule has 4 heterocycles. The molecule has 2 fully saturated rings. The molecular formula is C37H40N8O3. The van der Waals surface area contributed by atoms with Gasteiger partial charge in [-0.05, 0) is 60.8 Å². The van der Waals surface area contributed by atoms with Gasteiger partial charge in [0.1, 0.15) is 13.2 Å². The number of likely N-dealkylation sites (tertiary alicyclic amines) is 1. The Balaban J connectivity index is 1.19. The van der Waals surface area contributed by atoms with Crippen molar-refractivity contribution in [3.05, 3.63) is 95.3 Å². The van der Waals surface area contributed by atoms with E-state index in [2.05, 4.69) is 66.2 Å². The van der Waals surface area contributed by atoms with Crippen LogP contribution in [0.25, 0.3) is 16.4 Å². The highest BCUT2D eigenvalue weighted by atomic mass is 16.6. The molecule has 2 saturated heterocycles. The van der Waals surface area contributed by atoms with Crippen LogP contribution in [0.15, 0.2) is 72.9 Å². The second-order valence-electron chi connectivity index (χ2n) is 12.8. The van der Waals surface area contributed by atoms with Crippen LogP contribution in [0.5, 0.6) is 6.01 Å². The molecule has 0 unspecified atom stereocenters. The summed E-state index contributed by atoms with van der Waals surface area (Å²) in [6, 6.07) is 24.8. The van der Waals surface area contributed by atoms with Crippen molar-refractivity contribution in [2.45, 2.75) is 51.3 Å². The third-order valence-corrected chi connectivity index (χ3v) is 9.59. The molecule has 5 aromatic rings. The lowest BCUT2D eigenvalue weighted by Gasteiger charge is -2.40. The van der Waals surface area contributed by atoms with Crippen LogP contribution in [-0.4, -0.2) is 87.4 Å². The molecule has 11 nitrogen and oxygen atoms in total. The van der Waals surface area contributed by atoms with Gasteiger partial charge in [0, 0.05) is 32.1 Å². The first-order valence-electron chi connectivity index (χ1n) is 16.6. The van der Waals surface area contributed by atoms with Gasteiger partial charge in [0.2, 0.25) is 0 Å². The summed E-state index contributed by atoms with van der Waals surface area (Å²) < 4.78 is 13.8. The number of amides is 1. The zero-order chi connectivity index (χ0) is 33.0. The molecule has 0 spiro atoms. The topological polar surface area (TPSA) is 112 Å². The van der Waals surface area contributed by atoms with Gasteiger partial charge in [-0.2, -0.15) is 10.2 Å². The number of carbonyl (C=O) groups is 1. The Morgan fingerprint density at radius 2 is 1.85 bits per heavy atom. The molecule has 0 aliphatic carbocycles. The van der Waals surface area contributed by atoms with Gasteiger partial charge in [0.25, 0.3) is 0 Å². The fraction of sp³-hybridized carbons (Fsp3) is 0.378. The Morgan fingerprint density at radius 1 is 1.02 bits per heavy atom. The standard InChI is InChI=1S/C37H40N8O3/c1-26-9-6-12-28-13-7-14-29(33(26)28)21-32-22-39-34-35(40-36(41-45(32)34)47-25-31-15-8-18-42(31)2)43-19-20-44(30(23-43)16-17-38)37(46)48-24-27-10-4-3-5-11-27/h3-7,9-14,22,30-31H,8,15-16,18-21,23-25H2,1-2H3/t30-,31-/m0/s1. The third-order valence-electron chi connectivity index (χ3n) is 9.59. The number of hydrogen-bond donors (Lipinski definition) is 0. The van der Waals surface area contributed by atoms with E-state index in [1.165, 1.54) is 21.9 Å². The van der Waals surface area contributed by atoms with E-state index in [1.807, 2.05) is 41.0 Å². The van der Waals surface area contributed by atoms with Gasteiger partial charge in [-0.3, -0.25) is 0 Å². The summed E-state index contributed by atoms with van der Waals surface area (Å²) >= 11 is 0. The zero-order valence-corrected chi connectivity index (χ0v) is 27.5. The summed E-state index contributed by atoms with van der Waals surface area (Å²) in [5.74, 6) is 0.625. The number of imidazole rings is 1. The second-order valence-corrected chi connectivity index (χ2v) is 12.8. The van der Waals surface area contributed by atoms with Crippen molar-refractivity contribution in [1.82, 2.24) is 29.4 Å². The van der Waals surface area contributed by atoms with Crippen LogP contribution in [0.4, 0.5) is 10.6 Å². The molecule has 0 N–H and O–H groups in total. The average molecular weight is 645 g/mol. The molecule has 2 aliphatic heterocycles. The van der Waals surface area contributed by atoms with Gasteiger partial charge < -0.3 is 24.2 Å². The molecule has 0 saturated carbocycles.